The first kappa shape index (κ1) is 20.2. The van der Waals surface area contributed by atoms with Crippen molar-refractivity contribution in [1.29, 1.82) is 0 Å². The lowest BCUT2D eigenvalue weighted by molar-refractivity contribution is 0.0950. The second kappa shape index (κ2) is 9.59. The van der Waals surface area contributed by atoms with Crippen LogP contribution in [0.5, 0.6) is 11.5 Å². The molecule has 6 nitrogen and oxygen atoms in total. The molecule has 0 saturated carbocycles. The molecule has 0 aliphatic rings. The molecule has 0 unspecified atom stereocenters. The molecule has 0 fully saturated rings. The summed E-state index contributed by atoms with van der Waals surface area (Å²) in [6.45, 7) is 3.23. The van der Waals surface area contributed by atoms with Crippen LogP contribution in [-0.4, -0.2) is 31.7 Å². The van der Waals surface area contributed by atoms with Crippen molar-refractivity contribution in [1.82, 2.24) is 10.3 Å². The molecule has 0 aliphatic heterocycles. The molecule has 0 spiro atoms. The summed E-state index contributed by atoms with van der Waals surface area (Å²) in [4.78, 5) is 19.1. The minimum atomic E-state index is -0.179. The highest BCUT2D eigenvalue weighted by molar-refractivity contribution is 5.94. The van der Waals surface area contributed by atoms with E-state index in [1.165, 1.54) is 0 Å². The fourth-order valence-electron chi connectivity index (χ4n) is 3.04. The monoisotopic (exact) mass is 391 g/mol. The number of nitrogens with one attached hydrogen (secondary N) is 1. The number of hydrogen-bond acceptors (Lipinski definition) is 5. The second-order valence-electron chi connectivity index (χ2n) is 6.36. The molecule has 0 saturated heterocycles. The average Bonchev–Trinajstić information content (AvgIpc) is 2.79. The normalized spacial score (nSPS) is 10.3. The number of methoxy groups -OCH3 is 2. The van der Waals surface area contributed by atoms with Crippen LogP contribution in [0.2, 0.25) is 0 Å². The lowest BCUT2D eigenvalue weighted by atomic mass is 10.2. The van der Waals surface area contributed by atoms with Crippen LogP contribution in [0.1, 0.15) is 22.8 Å². The Hall–Kier alpha value is -3.54. The van der Waals surface area contributed by atoms with Crippen molar-refractivity contribution in [2.24, 2.45) is 0 Å². The maximum atomic E-state index is 12.5. The molecule has 0 bridgehead atoms. The number of carbonyl (C=O) groups is 1. The van der Waals surface area contributed by atoms with Crippen LogP contribution >= 0.6 is 0 Å². The Labute approximate surface area is 171 Å². The summed E-state index contributed by atoms with van der Waals surface area (Å²) in [6, 6.07) is 19.3. The molecule has 29 heavy (non-hydrogen) atoms. The molecule has 150 valence electrons. The van der Waals surface area contributed by atoms with E-state index in [0.717, 1.165) is 23.6 Å². The Morgan fingerprint density at radius 3 is 2.38 bits per heavy atom. The van der Waals surface area contributed by atoms with Crippen LogP contribution in [0.15, 0.2) is 66.9 Å². The Kier molecular flexibility index (Phi) is 6.68. The number of hydrogen-bond donors (Lipinski definition) is 1. The highest BCUT2D eigenvalue weighted by Crippen LogP contribution is 2.27. The van der Waals surface area contributed by atoms with Gasteiger partial charge in [-0.1, -0.05) is 24.3 Å². The first-order chi connectivity index (χ1) is 14.2. The predicted molar refractivity (Wildman–Crippen MR) is 114 cm³/mol. The topological polar surface area (TPSA) is 63.7 Å². The first-order valence-corrected chi connectivity index (χ1v) is 9.44. The molecule has 1 aromatic heterocycles. The fourth-order valence-corrected chi connectivity index (χ4v) is 3.04. The molecule has 1 heterocycles. The summed E-state index contributed by atoms with van der Waals surface area (Å²) < 4.78 is 10.5. The van der Waals surface area contributed by atoms with Crippen LogP contribution in [0.4, 0.5) is 11.5 Å². The van der Waals surface area contributed by atoms with Gasteiger partial charge in [-0.3, -0.25) is 4.79 Å². The fraction of sp³-hybridized carbons (Fsp3) is 0.217. The minimum absolute atomic E-state index is 0.179. The van der Waals surface area contributed by atoms with Crippen molar-refractivity contribution in [3.63, 3.8) is 0 Å². The molecule has 0 radical (unpaired) electrons. The highest BCUT2D eigenvalue weighted by atomic mass is 16.5. The van der Waals surface area contributed by atoms with Crippen molar-refractivity contribution in [2.75, 3.05) is 25.7 Å². The van der Waals surface area contributed by atoms with Crippen LogP contribution in [0, 0.1) is 0 Å². The lowest BCUT2D eigenvalue weighted by Gasteiger charge is -2.22. The standard InChI is InChI=1S/C23H25N3O3/c1-4-26(19-8-6-5-7-9-19)22-13-11-18(16-24-22)23(27)25-15-17-10-12-20(28-2)21(14-17)29-3/h5-14,16H,4,15H2,1-3H3,(H,25,27). The van der Waals surface area contributed by atoms with Gasteiger partial charge in [0.2, 0.25) is 0 Å². The van der Waals surface area contributed by atoms with Crippen molar-refractivity contribution in [3.8, 4) is 11.5 Å². The third kappa shape index (κ3) is 4.85. The highest BCUT2D eigenvalue weighted by Gasteiger charge is 2.11. The van der Waals surface area contributed by atoms with Gasteiger partial charge in [0.15, 0.2) is 11.5 Å². The van der Waals surface area contributed by atoms with Crippen molar-refractivity contribution >= 4 is 17.4 Å². The first-order valence-electron chi connectivity index (χ1n) is 9.44. The SMILES string of the molecule is CCN(c1ccccc1)c1ccc(C(=O)NCc2ccc(OC)c(OC)c2)cn1. The summed E-state index contributed by atoms with van der Waals surface area (Å²) in [5, 5.41) is 2.91. The molecule has 0 atom stereocenters. The van der Waals surface area contributed by atoms with Gasteiger partial charge in [-0.25, -0.2) is 4.98 Å². The van der Waals surface area contributed by atoms with Gasteiger partial charge in [0.25, 0.3) is 5.91 Å². The van der Waals surface area contributed by atoms with E-state index in [4.69, 9.17) is 9.47 Å². The van der Waals surface area contributed by atoms with E-state index in [2.05, 4.69) is 22.1 Å². The van der Waals surface area contributed by atoms with E-state index in [1.807, 2.05) is 54.6 Å². The van der Waals surface area contributed by atoms with Gasteiger partial charge >= 0.3 is 0 Å². The van der Waals surface area contributed by atoms with Gasteiger partial charge in [0.1, 0.15) is 5.82 Å². The van der Waals surface area contributed by atoms with E-state index in [-0.39, 0.29) is 5.91 Å². The van der Waals surface area contributed by atoms with E-state index in [0.29, 0.717) is 23.6 Å². The van der Waals surface area contributed by atoms with Gasteiger partial charge in [-0.05, 0) is 48.9 Å². The molecular formula is C23H25N3O3. The van der Waals surface area contributed by atoms with Crippen LogP contribution in [0.3, 0.4) is 0 Å². The number of pyridine rings is 1. The smallest absolute Gasteiger partial charge is 0.253 e. The van der Waals surface area contributed by atoms with Crippen molar-refractivity contribution in [3.05, 3.63) is 78.0 Å². The molecule has 6 heteroatoms. The number of ether oxygens (including phenoxy) is 2. The van der Waals surface area contributed by atoms with Gasteiger partial charge < -0.3 is 19.7 Å². The molecule has 1 N–H and O–H groups in total. The summed E-state index contributed by atoms with van der Waals surface area (Å²) >= 11 is 0. The number of amides is 1. The molecule has 3 aromatic rings. The third-order valence-electron chi connectivity index (χ3n) is 4.57. The second-order valence-corrected chi connectivity index (χ2v) is 6.36. The summed E-state index contributed by atoms with van der Waals surface area (Å²) in [6.07, 6.45) is 1.60. The quantitative estimate of drug-likeness (QED) is 0.624. The average molecular weight is 391 g/mol. The largest absolute Gasteiger partial charge is 0.493 e. The van der Waals surface area contributed by atoms with Gasteiger partial charge in [0, 0.05) is 25.0 Å². The van der Waals surface area contributed by atoms with Crippen molar-refractivity contribution < 1.29 is 14.3 Å². The van der Waals surface area contributed by atoms with Crippen LogP contribution in [-0.2, 0) is 6.54 Å². The molecular weight excluding hydrogens is 366 g/mol. The number of nitrogens with zero attached hydrogens (tertiary/aromatic N) is 2. The van der Waals surface area contributed by atoms with E-state index in [1.54, 1.807) is 26.5 Å². The zero-order chi connectivity index (χ0) is 20.6. The number of para-hydroxylation sites is 1. The zero-order valence-corrected chi connectivity index (χ0v) is 16.9. The van der Waals surface area contributed by atoms with E-state index in [9.17, 15) is 4.79 Å². The van der Waals surface area contributed by atoms with E-state index < -0.39 is 0 Å². The minimum Gasteiger partial charge on any atom is -0.493 e. The summed E-state index contributed by atoms with van der Waals surface area (Å²) in [5.74, 6) is 1.91. The Balaban J connectivity index is 1.66. The van der Waals surface area contributed by atoms with Gasteiger partial charge in [0.05, 0.1) is 19.8 Å². The Morgan fingerprint density at radius 1 is 1.00 bits per heavy atom. The number of rotatable bonds is 8. The Bertz CT molecular complexity index is 943. The molecule has 3 rings (SSSR count). The van der Waals surface area contributed by atoms with Gasteiger partial charge in [-0.15, -0.1) is 0 Å². The van der Waals surface area contributed by atoms with Gasteiger partial charge in [-0.2, -0.15) is 0 Å². The zero-order valence-electron chi connectivity index (χ0n) is 16.9. The number of aromatic nitrogens is 1. The van der Waals surface area contributed by atoms with Crippen LogP contribution in [0.25, 0.3) is 0 Å². The Morgan fingerprint density at radius 2 is 1.76 bits per heavy atom. The van der Waals surface area contributed by atoms with E-state index >= 15 is 0 Å². The number of anilines is 2. The lowest BCUT2D eigenvalue weighted by Crippen LogP contribution is -2.23. The summed E-state index contributed by atoms with van der Waals surface area (Å²) in [7, 11) is 3.18. The maximum Gasteiger partial charge on any atom is 0.253 e. The third-order valence-corrected chi connectivity index (χ3v) is 4.57. The molecule has 0 aliphatic carbocycles. The van der Waals surface area contributed by atoms with Crippen LogP contribution < -0.4 is 19.7 Å². The predicted octanol–water partition coefficient (Wildman–Crippen LogP) is 4.19. The number of benzene rings is 2. The molecule has 2 aromatic carbocycles. The van der Waals surface area contributed by atoms with Crippen molar-refractivity contribution in [2.45, 2.75) is 13.5 Å². The molecule has 1 amide bonds. The summed E-state index contributed by atoms with van der Waals surface area (Å²) in [5.41, 5.74) is 2.49. The maximum absolute atomic E-state index is 12.5. The number of carbonyl (C=O) groups excluding carboxylic acids is 1.